The highest BCUT2D eigenvalue weighted by molar-refractivity contribution is 5.94. The van der Waals surface area contributed by atoms with Crippen LogP contribution in [0.15, 0.2) is 24.3 Å². The number of methoxy groups -OCH3 is 1. The lowest BCUT2D eigenvalue weighted by Gasteiger charge is -2.16. The number of esters is 1. The molecule has 2 heterocycles. The minimum atomic E-state index is -0.446. The predicted molar refractivity (Wildman–Crippen MR) is 104 cm³/mol. The molecule has 1 aliphatic heterocycles. The molecule has 0 fully saturated rings. The van der Waals surface area contributed by atoms with Gasteiger partial charge in [-0.2, -0.15) is 5.10 Å². The maximum Gasteiger partial charge on any atom is 0.310 e. The van der Waals surface area contributed by atoms with Crippen LogP contribution in [-0.2, 0) is 28.9 Å². The average Bonchev–Trinajstić information content (AvgIpc) is 3.08. The number of benzene rings is 1. The van der Waals surface area contributed by atoms with Crippen LogP contribution in [0, 0.1) is 12.8 Å². The Morgan fingerprint density at radius 3 is 2.93 bits per heavy atom. The Labute approximate surface area is 164 Å². The molecule has 8 heteroatoms. The molecule has 1 aromatic carbocycles. The molecule has 1 atom stereocenters. The third kappa shape index (κ3) is 5.08. The summed E-state index contributed by atoms with van der Waals surface area (Å²) >= 11 is 0. The number of ether oxygens (including phenoxy) is 1. The van der Waals surface area contributed by atoms with Crippen LogP contribution in [0.5, 0.6) is 0 Å². The molecule has 0 bridgehead atoms. The molecule has 3 N–H and O–H groups in total. The van der Waals surface area contributed by atoms with E-state index in [9.17, 15) is 9.59 Å². The third-order valence-corrected chi connectivity index (χ3v) is 4.63. The van der Waals surface area contributed by atoms with Crippen molar-refractivity contribution in [2.45, 2.75) is 26.3 Å². The average molecular weight is 393 g/mol. The standard InChI is InChI=1S/C19H24N4O3.ClH/c1-12-4-3-5-13(8-12)9-14(19(25)26-2)10-21-18(24)17-15-11-20-7-6-16(15)22-23-17;/h3-5,8,14,20H,6-7,9-11H2,1-2H3,(H,21,24)(H,22,23);1H. The van der Waals surface area contributed by atoms with Crippen LogP contribution in [0.2, 0.25) is 0 Å². The molecular weight excluding hydrogens is 368 g/mol. The van der Waals surface area contributed by atoms with Crippen molar-refractivity contribution >= 4 is 24.3 Å². The lowest BCUT2D eigenvalue weighted by molar-refractivity contribution is -0.145. The summed E-state index contributed by atoms with van der Waals surface area (Å²) in [4.78, 5) is 24.7. The molecule has 1 unspecified atom stereocenters. The zero-order chi connectivity index (χ0) is 18.5. The highest BCUT2D eigenvalue weighted by Gasteiger charge is 2.24. The van der Waals surface area contributed by atoms with Gasteiger partial charge in [-0.1, -0.05) is 29.8 Å². The van der Waals surface area contributed by atoms with Gasteiger partial charge in [-0.3, -0.25) is 14.7 Å². The minimum absolute atomic E-state index is 0. The van der Waals surface area contributed by atoms with Crippen molar-refractivity contribution in [3.63, 3.8) is 0 Å². The Hall–Kier alpha value is -2.38. The van der Waals surface area contributed by atoms with Gasteiger partial charge in [-0.05, 0) is 18.9 Å². The van der Waals surface area contributed by atoms with E-state index in [0.717, 1.165) is 35.3 Å². The Balaban J connectivity index is 0.00000261. The first-order valence-electron chi connectivity index (χ1n) is 8.77. The lowest BCUT2D eigenvalue weighted by Crippen LogP contribution is -2.35. The van der Waals surface area contributed by atoms with E-state index in [0.29, 0.717) is 18.7 Å². The van der Waals surface area contributed by atoms with Crippen LogP contribution in [0.25, 0.3) is 0 Å². The van der Waals surface area contributed by atoms with Gasteiger partial charge in [0.05, 0.1) is 13.0 Å². The first-order valence-corrected chi connectivity index (χ1v) is 8.77. The maximum atomic E-state index is 12.5. The van der Waals surface area contributed by atoms with Gasteiger partial charge in [0.2, 0.25) is 0 Å². The second-order valence-corrected chi connectivity index (χ2v) is 6.58. The molecule has 1 aliphatic rings. The summed E-state index contributed by atoms with van der Waals surface area (Å²) in [6, 6.07) is 7.97. The number of carbonyl (C=O) groups is 2. The summed E-state index contributed by atoms with van der Waals surface area (Å²) in [7, 11) is 1.36. The molecule has 27 heavy (non-hydrogen) atoms. The van der Waals surface area contributed by atoms with Crippen molar-refractivity contribution in [1.82, 2.24) is 20.8 Å². The van der Waals surface area contributed by atoms with Gasteiger partial charge in [0.25, 0.3) is 5.91 Å². The number of aromatic amines is 1. The summed E-state index contributed by atoms with van der Waals surface area (Å²) in [6.07, 6.45) is 1.34. The van der Waals surface area contributed by atoms with E-state index in [1.54, 1.807) is 0 Å². The molecule has 1 amide bonds. The predicted octanol–water partition coefficient (Wildman–Crippen LogP) is 1.55. The first kappa shape index (κ1) is 20.9. The van der Waals surface area contributed by atoms with Crippen molar-refractivity contribution in [2.24, 2.45) is 5.92 Å². The summed E-state index contributed by atoms with van der Waals surface area (Å²) < 4.78 is 4.91. The Morgan fingerprint density at radius 2 is 2.19 bits per heavy atom. The van der Waals surface area contributed by atoms with Gasteiger partial charge in [-0.15, -0.1) is 12.4 Å². The number of nitrogens with zero attached hydrogens (tertiary/aromatic N) is 1. The number of H-pyrrole nitrogens is 1. The number of nitrogens with one attached hydrogen (secondary N) is 3. The molecule has 0 radical (unpaired) electrons. The van der Waals surface area contributed by atoms with Gasteiger partial charge in [0.1, 0.15) is 0 Å². The quantitative estimate of drug-likeness (QED) is 0.648. The number of carbonyl (C=O) groups excluding carboxylic acids is 2. The zero-order valence-corrected chi connectivity index (χ0v) is 16.3. The SMILES string of the molecule is COC(=O)C(CNC(=O)c1n[nH]c2c1CNCC2)Cc1cccc(C)c1.Cl. The number of amides is 1. The Bertz CT molecular complexity index is 806. The fraction of sp³-hybridized carbons (Fsp3) is 0.421. The second kappa shape index (κ2) is 9.53. The summed E-state index contributed by atoms with van der Waals surface area (Å²) in [5, 5.41) is 13.1. The molecule has 0 saturated heterocycles. The molecule has 0 aliphatic carbocycles. The summed E-state index contributed by atoms with van der Waals surface area (Å²) in [5.74, 6) is -1.06. The number of halogens is 1. The number of aryl methyl sites for hydroxylation is 1. The number of hydrogen-bond acceptors (Lipinski definition) is 5. The topological polar surface area (TPSA) is 96.1 Å². The van der Waals surface area contributed by atoms with Crippen LogP contribution in [0.3, 0.4) is 0 Å². The highest BCUT2D eigenvalue weighted by atomic mass is 35.5. The molecule has 7 nitrogen and oxygen atoms in total. The molecule has 0 spiro atoms. The highest BCUT2D eigenvalue weighted by Crippen LogP contribution is 2.16. The molecule has 1 aromatic heterocycles. The maximum absolute atomic E-state index is 12.5. The molecule has 3 rings (SSSR count). The zero-order valence-electron chi connectivity index (χ0n) is 15.5. The van der Waals surface area contributed by atoms with Gasteiger partial charge >= 0.3 is 5.97 Å². The van der Waals surface area contributed by atoms with Crippen LogP contribution < -0.4 is 10.6 Å². The van der Waals surface area contributed by atoms with Crippen molar-refractivity contribution in [2.75, 3.05) is 20.2 Å². The van der Waals surface area contributed by atoms with E-state index in [4.69, 9.17) is 4.74 Å². The number of hydrogen-bond donors (Lipinski definition) is 3. The van der Waals surface area contributed by atoms with Crippen molar-refractivity contribution in [1.29, 1.82) is 0 Å². The van der Waals surface area contributed by atoms with Gasteiger partial charge in [0.15, 0.2) is 5.69 Å². The van der Waals surface area contributed by atoms with Crippen LogP contribution in [-0.4, -0.2) is 42.3 Å². The van der Waals surface area contributed by atoms with E-state index in [1.807, 2.05) is 31.2 Å². The van der Waals surface area contributed by atoms with E-state index in [-0.39, 0.29) is 30.8 Å². The summed E-state index contributed by atoms with van der Waals surface area (Å²) in [5.41, 5.74) is 4.47. The number of fused-ring (bicyclic) bond motifs is 1. The van der Waals surface area contributed by atoms with Gasteiger partial charge < -0.3 is 15.4 Å². The molecular formula is C19H25ClN4O3. The fourth-order valence-electron chi connectivity index (χ4n) is 3.24. The monoisotopic (exact) mass is 392 g/mol. The van der Waals surface area contributed by atoms with Crippen LogP contribution >= 0.6 is 12.4 Å². The second-order valence-electron chi connectivity index (χ2n) is 6.58. The Kier molecular flexibility index (Phi) is 7.38. The van der Waals surface area contributed by atoms with Crippen LogP contribution in [0.4, 0.5) is 0 Å². The molecule has 2 aromatic rings. The Morgan fingerprint density at radius 1 is 1.37 bits per heavy atom. The minimum Gasteiger partial charge on any atom is -0.469 e. The van der Waals surface area contributed by atoms with E-state index < -0.39 is 5.92 Å². The van der Waals surface area contributed by atoms with Gasteiger partial charge in [0, 0.05) is 37.3 Å². The van der Waals surface area contributed by atoms with Gasteiger partial charge in [-0.25, -0.2) is 0 Å². The van der Waals surface area contributed by atoms with Crippen molar-refractivity contribution < 1.29 is 14.3 Å². The van der Waals surface area contributed by atoms with E-state index in [1.165, 1.54) is 7.11 Å². The van der Waals surface area contributed by atoms with Crippen LogP contribution in [0.1, 0.15) is 32.9 Å². The van der Waals surface area contributed by atoms with E-state index in [2.05, 4.69) is 20.8 Å². The van der Waals surface area contributed by atoms with E-state index >= 15 is 0 Å². The first-order chi connectivity index (χ1) is 12.6. The third-order valence-electron chi connectivity index (χ3n) is 4.63. The smallest absolute Gasteiger partial charge is 0.310 e. The number of rotatable bonds is 6. The molecule has 146 valence electrons. The normalized spacial score (nSPS) is 13.9. The van der Waals surface area contributed by atoms with Crippen molar-refractivity contribution in [3.8, 4) is 0 Å². The van der Waals surface area contributed by atoms with Crippen molar-refractivity contribution in [3.05, 3.63) is 52.3 Å². The molecule has 0 saturated carbocycles. The lowest BCUT2D eigenvalue weighted by atomic mass is 9.98. The largest absolute Gasteiger partial charge is 0.469 e. The summed E-state index contributed by atoms with van der Waals surface area (Å²) in [6.45, 7) is 3.71. The fourth-order valence-corrected chi connectivity index (χ4v) is 3.24. The number of aromatic nitrogens is 2.